The lowest BCUT2D eigenvalue weighted by Gasteiger charge is -2.25. The SMILES string of the molecule is CCCCNc1nc(C)cn1C(CC(C)C)CN(C)C. The van der Waals surface area contributed by atoms with Gasteiger partial charge >= 0.3 is 0 Å². The standard InChI is InChI=1S/C16H32N4/c1-7-8-9-17-16-18-14(4)11-20(16)15(10-13(2)3)12-19(5)6/h11,13,15H,7-10,12H2,1-6H3,(H,17,18). The van der Waals surface area contributed by atoms with E-state index in [-0.39, 0.29) is 0 Å². The Morgan fingerprint density at radius 2 is 2.05 bits per heavy atom. The normalized spacial score (nSPS) is 13.2. The average Bonchev–Trinajstić information content (AvgIpc) is 2.69. The maximum atomic E-state index is 4.65. The number of imidazole rings is 1. The van der Waals surface area contributed by atoms with Crippen molar-refractivity contribution in [2.45, 2.75) is 53.0 Å². The number of hydrogen-bond acceptors (Lipinski definition) is 3. The third kappa shape index (κ3) is 5.53. The van der Waals surface area contributed by atoms with E-state index in [1.807, 2.05) is 0 Å². The minimum atomic E-state index is 0.482. The highest BCUT2D eigenvalue weighted by atomic mass is 15.2. The Hall–Kier alpha value is -1.03. The van der Waals surface area contributed by atoms with E-state index in [1.54, 1.807) is 0 Å². The first-order valence-corrected chi connectivity index (χ1v) is 7.88. The van der Waals surface area contributed by atoms with Gasteiger partial charge in [-0.3, -0.25) is 0 Å². The summed E-state index contributed by atoms with van der Waals surface area (Å²) in [5, 5.41) is 3.50. The van der Waals surface area contributed by atoms with Gasteiger partial charge in [0.15, 0.2) is 0 Å². The molecule has 0 aliphatic carbocycles. The maximum Gasteiger partial charge on any atom is 0.203 e. The molecule has 1 aromatic heterocycles. The first-order chi connectivity index (χ1) is 9.43. The van der Waals surface area contributed by atoms with Crippen LogP contribution in [-0.4, -0.2) is 41.6 Å². The third-order valence-electron chi connectivity index (χ3n) is 3.38. The lowest BCUT2D eigenvalue weighted by Crippen LogP contribution is -2.26. The van der Waals surface area contributed by atoms with Gasteiger partial charge in [0.25, 0.3) is 0 Å². The Balaban J connectivity index is 2.87. The molecule has 0 fully saturated rings. The predicted molar refractivity (Wildman–Crippen MR) is 87.4 cm³/mol. The fraction of sp³-hybridized carbons (Fsp3) is 0.812. The van der Waals surface area contributed by atoms with Crippen LogP contribution in [0.2, 0.25) is 0 Å². The number of rotatable bonds is 9. The molecule has 0 aromatic carbocycles. The molecule has 0 saturated carbocycles. The van der Waals surface area contributed by atoms with Crippen molar-refractivity contribution < 1.29 is 0 Å². The second kappa shape index (κ2) is 8.30. The minimum Gasteiger partial charge on any atom is -0.356 e. The number of likely N-dealkylation sites (N-methyl/N-ethyl adjacent to an activating group) is 1. The van der Waals surface area contributed by atoms with Gasteiger partial charge in [-0.25, -0.2) is 4.98 Å². The summed E-state index contributed by atoms with van der Waals surface area (Å²) in [6, 6.07) is 0.482. The molecule has 0 bridgehead atoms. The number of anilines is 1. The fourth-order valence-electron chi connectivity index (χ4n) is 2.54. The number of aryl methyl sites for hydroxylation is 1. The number of aromatic nitrogens is 2. The second-order valence-corrected chi connectivity index (χ2v) is 6.44. The molecule has 1 N–H and O–H groups in total. The van der Waals surface area contributed by atoms with E-state index < -0.39 is 0 Å². The molecule has 0 spiro atoms. The summed E-state index contributed by atoms with van der Waals surface area (Å²) in [5.41, 5.74) is 1.09. The van der Waals surface area contributed by atoms with Crippen molar-refractivity contribution in [2.24, 2.45) is 5.92 Å². The number of hydrogen-bond donors (Lipinski definition) is 1. The van der Waals surface area contributed by atoms with E-state index in [9.17, 15) is 0 Å². The topological polar surface area (TPSA) is 33.1 Å². The predicted octanol–water partition coefficient (Wildman–Crippen LogP) is 3.55. The Bertz CT molecular complexity index is 372. The van der Waals surface area contributed by atoms with E-state index in [0.29, 0.717) is 12.0 Å². The molecule has 1 heterocycles. The van der Waals surface area contributed by atoms with Gasteiger partial charge in [0, 0.05) is 25.3 Å². The summed E-state index contributed by atoms with van der Waals surface area (Å²) < 4.78 is 2.34. The molecule has 1 aromatic rings. The van der Waals surface area contributed by atoms with Gasteiger partial charge < -0.3 is 14.8 Å². The van der Waals surface area contributed by atoms with Crippen LogP contribution in [0.15, 0.2) is 6.20 Å². The quantitative estimate of drug-likeness (QED) is 0.702. The van der Waals surface area contributed by atoms with Gasteiger partial charge in [-0.15, -0.1) is 0 Å². The highest BCUT2D eigenvalue weighted by Gasteiger charge is 2.18. The van der Waals surface area contributed by atoms with E-state index in [2.05, 4.69) is 67.8 Å². The lowest BCUT2D eigenvalue weighted by molar-refractivity contribution is 0.290. The van der Waals surface area contributed by atoms with Gasteiger partial charge in [0.2, 0.25) is 5.95 Å². The van der Waals surface area contributed by atoms with Crippen molar-refractivity contribution in [3.63, 3.8) is 0 Å². The molecule has 0 saturated heterocycles. The molecule has 0 amide bonds. The van der Waals surface area contributed by atoms with Crippen molar-refractivity contribution in [3.8, 4) is 0 Å². The molecular weight excluding hydrogens is 248 g/mol. The first kappa shape index (κ1) is 17.0. The largest absolute Gasteiger partial charge is 0.356 e. The Labute approximate surface area is 124 Å². The number of nitrogens with zero attached hydrogens (tertiary/aromatic N) is 3. The molecular formula is C16H32N4. The minimum absolute atomic E-state index is 0.482. The zero-order chi connectivity index (χ0) is 15.1. The van der Waals surface area contributed by atoms with E-state index in [4.69, 9.17) is 0 Å². The molecule has 116 valence electrons. The van der Waals surface area contributed by atoms with Gasteiger partial charge in [0.05, 0.1) is 5.69 Å². The van der Waals surface area contributed by atoms with Crippen molar-refractivity contribution in [2.75, 3.05) is 32.5 Å². The van der Waals surface area contributed by atoms with E-state index in [0.717, 1.165) is 24.7 Å². The molecule has 4 heteroatoms. The summed E-state index contributed by atoms with van der Waals surface area (Å²) in [4.78, 5) is 6.91. The molecule has 1 atom stereocenters. The lowest BCUT2D eigenvalue weighted by atomic mass is 10.0. The van der Waals surface area contributed by atoms with Crippen LogP contribution in [0.1, 0.15) is 51.8 Å². The van der Waals surface area contributed by atoms with Crippen LogP contribution in [0.3, 0.4) is 0 Å². The second-order valence-electron chi connectivity index (χ2n) is 6.44. The summed E-state index contributed by atoms with van der Waals surface area (Å²) in [5.74, 6) is 1.72. The van der Waals surface area contributed by atoms with Crippen LogP contribution in [0, 0.1) is 12.8 Å². The highest BCUT2D eigenvalue weighted by molar-refractivity contribution is 5.29. The van der Waals surface area contributed by atoms with Gasteiger partial charge in [0.1, 0.15) is 0 Å². The van der Waals surface area contributed by atoms with Crippen LogP contribution in [-0.2, 0) is 0 Å². The molecule has 1 unspecified atom stereocenters. The molecule has 1 rings (SSSR count). The maximum absolute atomic E-state index is 4.65. The Morgan fingerprint density at radius 1 is 1.35 bits per heavy atom. The molecule has 0 aliphatic rings. The van der Waals surface area contributed by atoms with Crippen LogP contribution in [0.4, 0.5) is 5.95 Å². The summed E-state index contributed by atoms with van der Waals surface area (Å²) >= 11 is 0. The van der Waals surface area contributed by atoms with Crippen molar-refractivity contribution in [1.82, 2.24) is 14.5 Å². The molecule has 0 radical (unpaired) electrons. The smallest absolute Gasteiger partial charge is 0.203 e. The monoisotopic (exact) mass is 280 g/mol. The molecule has 0 aliphatic heterocycles. The first-order valence-electron chi connectivity index (χ1n) is 7.88. The third-order valence-corrected chi connectivity index (χ3v) is 3.38. The average molecular weight is 280 g/mol. The van der Waals surface area contributed by atoms with Crippen LogP contribution < -0.4 is 5.32 Å². The fourth-order valence-corrected chi connectivity index (χ4v) is 2.54. The zero-order valence-corrected chi connectivity index (χ0v) is 14.1. The Kier molecular flexibility index (Phi) is 7.06. The zero-order valence-electron chi connectivity index (χ0n) is 14.1. The molecule has 4 nitrogen and oxygen atoms in total. The number of unbranched alkanes of at least 4 members (excludes halogenated alkanes) is 1. The van der Waals surface area contributed by atoms with Gasteiger partial charge in [-0.1, -0.05) is 27.2 Å². The summed E-state index contributed by atoms with van der Waals surface area (Å²) in [6.07, 6.45) is 5.76. The van der Waals surface area contributed by atoms with Gasteiger partial charge in [-0.05, 0) is 39.8 Å². The van der Waals surface area contributed by atoms with Crippen LogP contribution in [0.25, 0.3) is 0 Å². The van der Waals surface area contributed by atoms with Crippen molar-refractivity contribution >= 4 is 5.95 Å². The van der Waals surface area contributed by atoms with Gasteiger partial charge in [-0.2, -0.15) is 0 Å². The number of nitrogens with one attached hydrogen (secondary N) is 1. The Morgan fingerprint density at radius 3 is 2.60 bits per heavy atom. The van der Waals surface area contributed by atoms with Crippen molar-refractivity contribution in [1.29, 1.82) is 0 Å². The van der Waals surface area contributed by atoms with E-state index >= 15 is 0 Å². The summed E-state index contributed by atoms with van der Waals surface area (Å²) in [6.45, 7) is 10.9. The highest BCUT2D eigenvalue weighted by Crippen LogP contribution is 2.23. The van der Waals surface area contributed by atoms with Crippen LogP contribution in [0.5, 0.6) is 0 Å². The van der Waals surface area contributed by atoms with Crippen LogP contribution >= 0.6 is 0 Å². The van der Waals surface area contributed by atoms with E-state index in [1.165, 1.54) is 19.3 Å². The van der Waals surface area contributed by atoms with Crippen molar-refractivity contribution in [3.05, 3.63) is 11.9 Å². The molecule has 20 heavy (non-hydrogen) atoms. The summed E-state index contributed by atoms with van der Waals surface area (Å²) in [7, 11) is 4.28.